The molecule has 34 heavy (non-hydrogen) atoms. The Morgan fingerprint density at radius 2 is 1.97 bits per heavy atom. The Morgan fingerprint density at radius 3 is 2.68 bits per heavy atom. The van der Waals surface area contributed by atoms with Gasteiger partial charge in [-0.25, -0.2) is 4.79 Å². The van der Waals surface area contributed by atoms with Crippen LogP contribution in [0.4, 0.5) is 4.79 Å². The minimum Gasteiger partial charge on any atom is -0.376 e. The van der Waals surface area contributed by atoms with Crippen molar-refractivity contribution in [2.24, 2.45) is 0 Å². The number of hydrogen-bond acceptors (Lipinski definition) is 5. The van der Waals surface area contributed by atoms with Gasteiger partial charge in [-0.2, -0.15) is 4.98 Å². The summed E-state index contributed by atoms with van der Waals surface area (Å²) in [5.74, 6) is 0.942. The van der Waals surface area contributed by atoms with Gasteiger partial charge in [0.1, 0.15) is 0 Å². The van der Waals surface area contributed by atoms with E-state index in [0.29, 0.717) is 18.3 Å². The average Bonchev–Trinajstić information content (AvgIpc) is 3.54. The maximum atomic E-state index is 13.2. The standard InChI is InChI=1S/C27H30N4O3/c1-4-19-10-12-20(13-11-19)24-23(18(3)31(27(32)28-24)16-22-9-6-14-33-22)26-29-25(30-34-26)21-8-5-7-17(2)15-21/h5,7-8,10-13,15,22,24H,4,6,9,14,16H2,1-3H3,(H,28,32). The lowest BCUT2D eigenvalue weighted by atomic mass is 9.93. The summed E-state index contributed by atoms with van der Waals surface area (Å²) in [4.78, 5) is 19.7. The molecule has 2 aromatic carbocycles. The third kappa shape index (κ3) is 4.35. The number of urea groups is 1. The van der Waals surface area contributed by atoms with E-state index in [2.05, 4.69) is 41.7 Å². The Kier molecular flexibility index (Phi) is 6.20. The van der Waals surface area contributed by atoms with E-state index in [1.165, 1.54) is 5.56 Å². The van der Waals surface area contributed by atoms with Gasteiger partial charge in [0.05, 0.1) is 24.3 Å². The molecule has 3 heterocycles. The smallest absolute Gasteiger partial charge is 0.322 e. The van der Waals surface area contributed by atoms with E-state index < -0.39 is 0 Å². The molecule has 2 unspecified atom stereocenters. The van der Waals surface area contributed by atoms with Crippen molar-refractivity contribution in [2.75, 3.05) is 13.2 Å². The van der Waals surface area contributed by atoms with Gasteiger partial charge in [-0.15, -0.1) is 0 Å². The van der Waals surface area contributed by atoms with Crippen molar-refractivity contribution in [1.82, 2.24) is 20.4 Å². The fraction of sp³-hybridized carbons (Fsp3) is 0.370. The van der Waals surface area contributed by atoms with E-state index >= 15 is 0 Å². The molecule has 1 fully saturated rings. The summed E-state index contributed by atoms with van der Waals surface area (Å²) in [6.07, 6.45) is 2.96. The average molecular weight is 459 g/mol. The summed E-state index contributed by atoms with van der Waals surface area (Å²) in [6.45, 7) is 7.36. The number of nitrogens with zero attached hydrogens (tertiary/aromatic N) is 3. The lowest BCUT2D eigenvalue weighted by Crippen LogP contribution is -2.48. The maximum Gasteiger partial charge on any atom is 0.322 e. The number of nitrogens with one attached hydrogen (secondary N) is 1. The second-order valence-corrected chi connectivity index (χ2v) is 9.01. The van der Waals surface area contributed by atoms with Crippen LogP contribution < -0.4 is 5.32 Å². The van der Waals surface area contributed by atoms with Gasteiger partial charge in [0.15, 0.2) is 0 Å². The first kappa shape index (κ1) is 22.3. The molecule has 176 valence electrons. The van der Waals surface area contributed by atoms with Gasteiger partial charge in [0.25, 0.3) is 5.89 Å². The van der Waals surface area contributed by atoms with Gasteiger partial charge >= 0.3 is 6.03 Å². The minimum absolute atomic E-state index is 0.0351. The highest BCUT2D eigenvalue weighted by molar-refractivity contribution is 5.87. The zero-order valence-electron chi connectivity index (χ0n) is 19.9. The van der Waals surface area contributed by atoms with E-state index in [4.69, 9.17) is 14.2 Å². The van der Waals surface area contributed by atoms with E-state index in [1.807, 2.05) is 38.1 Å². The molecule has 3 aromatic rings. The predicted octanol–water partition coefficient (Wildman–Crippen LogP) is 5.28. The molecule has 0 spiro atoms. The number of aryl methyl sites for hydroxylation is 2. The number of hydrogen-bond donors (Lipinski definition) is 1. The van der Waals surface area contributed by atoms with Crippen molar-refractivity contribution < 1.29 is 14.1 Å². The predicted molar refractivity (Wildman–Crippen MR) is 130 cm³/mol. The van der Waals surface area contributed by atoms with Crippen LogP contribution in [0.15, 0.2) is 58.8 Å². The van der Waals surface area contributed by atoms with Crippen molar-refractivity contribution in [2.45, 2.75) is 52.2 Å². The largest absolute Gasteiger partial charge is 0.376 e. The molecule has 1 saturated heterocycles. The number of aromatic nitrogens is 2. The number of amides is 2. The Labute approximate surface area is 199 Å². The zero-order valence-corrected chi connectivity index (χ0v) is 19.9. The van der Waals surface area contributed by atoms with Crippen LogP contribution in [-0.2, 0) is 11.2 Å². The summed E-state index contributed by atoms with van der Waals surface area (Å²) in [6, 6.07) is 15.8. The molecule has 2 amide bonds. The highest BCUT2D eigenvalue weighted by Crippen LogP contribution is 2.38. The minimum atomic E-state index is -0.384. The second kappa shape index (κ2) is 9.43. The monoisotopic (exact) mass is 458 g/mol. The first-order chi connectivity index (χ1) is 16.5. The van der Waals surface area contributed by atoms with Gasteiger partial charge in [-0.05, 0) is 50.3 Å². The van der Waals surface area contributed by atoms with Crippen LogP contribution in [0.5, 0.6) is 0 Å². The highest BCUT2D eigenvalue weighted by atomic mass is 16.5. The number of benzene rings is 2. The van der Waals surface area contributed by atoms with E-state index in [0.717, 1.165) is 53.8 Å². The first-order valence-corrected chi connectivity index (χ1v) is 11.9. The Balaban J connectivity index is 1.56. The van der Waals surface area contributed by atoms with Gasteiger partial charge in [-0.1, -0.05) is 60.1 Å². The van der Waals surface area contributed by atoms with E-state index in [9.17, 15) is 4.79 Å². The van der Waals surface area contributed by atoms with Crippen molar-refractivity contribution in [3.8, 4) is 11.4 Å². The maximum absolute atomic E-state index is 13.2. The lowest BCUT2D eigenvalue weighted by Gasteiger charge is -2.36. The number of carbonyl (C=O) groups excluding carboxylic acids is 1. The van der Waals surface area contributed by atoms with Crippen LogP contribution in [-0.4, -0.2) is 40.3 Å². The third-order valence-corrected chi connectivity index (χ3v) is 6.66. The van der Waals surface area contributed by atoms with Gasteiger partial charge in [0, 0.05) is 17.9 Å². The second-order valence-electron chi connectivity index (χ2n) is 9.01. The molecule has 2 atom stereocenters. The van der Waals surface area contributed by atoms with Crippen LogP contribution in [0, 0.1) is 6.92 Å². The van der Waals surface area contributed by atoms with Crippen LogP contribution in [0.1, 0.15) is 55.3 Å². The number of carbonyl (C=O) groups is 1. The van der Waals surface area contributed by atoms with Gasteiger partial charge < -0.3 is 14.6 Å². The fourth-order valence-corrected chi connectivity index (χ4v) is 4.70. The van der Waals surface area contributed by atoms with Crippen molar-refractivity contribution in [1.29, 1.82) is 0 Å². The van der Waals surface area contributed by atoms with Crippen LogP contribution >= 0.6 is 0 Å². The normalized spacial score (nSPS) is 20.7. The Bertz CT molecular complexity index is 1210. The van der Waals surface area contributed by atoms with Crippen molar-refractivity contribution in [3.63, 3.8) is 0 Å². The molecular weight excluding hydrogens is 428 g/mol. The van der Waals surface area contributed by atoms with Crippen LogP contribution in [0.25, 0.3) is 17.0 Å². The number of allylic oxidation sites excluding steroid dienone is 1. The molecule has 0 bridgehead atoms. The molecule has 1 N–H and O–H groups in total. The molecule has 2 aliphatic heterocycles. The third-order valence-electron chi connectivity index (χ3n) is 6.66. The quantitative estimate of drug-likeness (QED) is 0.543. The molecule has 7 nitrogen and oxygen atoms in total. The summed E-state index contributed by atoms with van der Waals surface area (Å²) < 4.78 is 11.6. The summed E-state index contributed by atoms with van der Waals surface area (Å²) >= 11 is 0. The van der Waals surface area contributed by atoms with Gasteiger partial charge in [-0.3, -0.25) is 4.90 Å². The molecule has 2 aliphatic rings. The number of ether oxygens (including phenoxy) is 1. The molecule has 5 rings (SSSR count). The topological polar surface area (TPSA) is 80.5 Å². The Morgan fingerprint density at radius 1 is 1.15 bits per heavy atom. The zero-order chi connectivity index (χ0) is 23.7. The fourth-order valence-electron chi connectivity index (χ4n) is 4.70. The molecule has 0 aliphatic carbocycles. The van der Waals surface area contributed by atoms with Gasteiger partial charge in [0.2, 0.25) is 5.82 Å². The summed E-state index contributed by atoms with van der Waals surface area (Å²) in [7, 11) is 0. The summed E-state index contributed by atoms with van der Waals surface area (Å²) in [5, 5.41) is 7.44. The van der Waals surface area contributed by atoms with Crippen LogP contribution in [0.3, 0.4) is 0 Å². The SMILES string of the molecule is CCc1ccc(C2NC(=O)N(CC3CCCO3)C(C)=C2c2nc(-c3cccc(C)c3)no2)cc1. The molecule has 7 heteroatoms. The lowest BCUT2D eigenvalue weighted by molar-refractivity contribution is 0.0877. The van der Waals surface area contributed by atoms with E-state index in [-0.39, 0.29) is 18.2 Å². The molecule has 0 radical (unpaired) electrons. The Hall–Kier alpha value is -3.45. The molecule has 1 aromatic heterocycles. The van der Waals surface area contributed by atoms with Crippen molar-refractivity contribution in [3.05, 3.63) is 76.8 Å². The molecular formula is C27H30N4O3. The first-order valence-electron chi connectivity index (χ1n) is 11.9. The molecule has 0 saturated carbocycles. The highest BCUT2D eigenvalue weighted by Gasteiger charge is 2.37. The van der Waals surface area contributed by atoms with Crippen LogP contribution in [0.2, 0.25) is 0 Å². The van der Waals surface area contributed by atoms with E-state index in [1.54, 1.807) is 4.90 Å². The van der Waals surface area contributed by atoms with Crippen molar-refractivity contribution >= 4 is 11.6 Å². The number of rotatable bonds is 6. The summed E-state index contributed by atoms with van der Waals surface area (Å²) in [5.41, 5.74) is 5.87.